The summed E-state index contributed by atoms with van der Waals surface area (Å²) in [5.41, 5.74) is 0. The van der Waals surface area contributed by atoms with E-state index in [1.165, 1.54) is 18.3 Å². The summed E-state index contributed by atoms with van der Waals surface area (Å²) in [4.78, 5) is 24.2. The molecule has 0 aliphatic heterocycles. The molecule has 1 atom stereocenters. The van der Waals surface area contributed by atoms with Gasteiger partial charge in [-0.1, -0.05) is 0 Å². The Kier molecular flexibility index (Phi) is 4.99. The monoisotopic (exact) mass is 291 g/mol. The maximum atomic E-state index is 13.4. The first kappa shape index (κ1) is 15.6. The van der Waals surface area contributed by atoms with Crippen molar-refractivity contribution in [2.75, 3.05) is 6.61 Å². The van der Waals surface area contributed by atoms with Gasteiger partial charge in [-0.25, -0.2) is 4.79 Å². The fourth-order valence-corrected chi connectivity index (χ4v) is 2.24. The van der Waals surface area contributed by atoms with Gasteiger partial charge in [0.15, 0.2) is 0 Å². The highest BCUT2D eigenvalue weighted by Gasteiger charge is 2.49. The summed E-state index contributed by atoms with van der Waals surface area (Å²) in [7, 11) is 0. The Hall–Kier alpha value is -1.50. The van der Waals surface area contributed by atoms with E-state index in [-0.39, 0.29) is 6.61 Å². The van der Waals surface area contributed by atoms with Crippen LogP contribution in [-0.2, 0) is 14.3 Å². The molecule has 0 saturated carbocycles. The van der Waals surface area contributed by atoms with Gasteiger partial charge in [-0.2, -0.15) is 8.78 Å². The van der Waals surface area contributed by atoms with E-state index in [4.69, 9.17) is 0 Å². The molecule has 1 amide bonds. The standard InChI is InChI=1S/C12H15F2NO3S/c1-4-18-11(17)12(13,14)10(16)15-8(3)9-6-5-7(2)19-9/h5-6,8H,4H2,1-3H3,(H,15,16). The van der Waals surface area contributed by atoms with E-state index in [9.17, 15) is 18.4 Å². The lowest BCUT2D eigenvalue weighted by Crippen LogP contribution is -2.47. The lowest BCUT2D eigenvalue weighted by atomic mass is 10.2. The maximum absolute atomic E-state index is 13.4. The largest absolute Gasteiger partial charge is 0.461 e. The zero-order valence-electron chi connectivity index (χ0n) is 10.8. The molecule has 0 aliphatic carbocycles. The predicted octanol–water partition coefficient (Wildman–Crippen LogP) is 2.43. The van der Waals surface area contributed by atoms with Crippen LogP contribution in [0, 0.1) is 6.92 Å². The molecule has 0 aliphatic rings. The molecule has 1 unspecified atom stereocenters. The van der Waals surface area contributed by atoms with E-state index >= 15 is 0 Å². The number of hydrogen-bond donors (Lipinski definition) is 1. The molecule has 0 radical (unpaired) electrons. The highest BCUT2D eigenvalue weighted by Crippen LogP contribution is 2.24. The van der Waals surface area contributed by atoms with Gasteiger partial charge in [-0.3, -0.25) is 4.79 Å². The average molecular weight is 291 g/mol. The molecular formula is C12H15F2NO3S. The second-order valence-corrected chi connectivity index (χ2v) is 5.26. The van der Waals surface area contributed by atoms with Gasteiger partial charge in [0, 0.05) is 9.75 Å². The Morgan fingerprint density at radius 2 is 2.11 bits per heavy atom. The molecule has 1 aromatic heterocycles. The number of rotatable bonds is 5. The van der Waals surface area contributed by atoms with Gasteiger partial charge in [0.2, 0.25) is 0 Å². The van der Waals surface area contributed by atoms with Crippen LogP contribution < -0.4 is 5.32 Å². The van der Waals surface area contributed by atoms with Crippen LogP contribution in [0.25, 0.3) is 0 Å². The summed E-state index contributed by atoms with van der Waals surface area (Å²) in [6.45, 7) is 4.63. The topological polar surface area (TPSA) is 55.4 Å². The second-order valence-electron chi connectivity index (χ2n) is 3.94. The number of esters is 1. The molecule has 4 nitrogen and oxygen atoms in total. The van der Waals surface area contributed by atoms with E-state index in [0.717, 1.165) is 9.75 Å². The molecule has 0 fully saturated rings. The number of amides is 1. The molecule has 1 aromatic rings. The Labute approximate surface area is 113 Å². The van der Waals surface area contributed by atoms with Crippen molar-refractivity contribution < 1.29 is 23.1 Å². The zero-order chi connectivity index (χ0) is 14.6. The quantitative estimate of drug-likeness (QED) is 0.669. The van der Waals surface area contributed by atoms with Crippen LogP contribution in [0.15, 0.2) is 12.1 Å². The summed E-state index contributed by atoms with van der Waals surface area (Å²) in [5.74, 6) is -7.65. The number of halogens is 2. The fraction of sp³-hybridized carbons (Fsp3) is 0.500. The van der Waals surface area contributed by atoms with Gasteiger partial charge in [-0.05, 0) is 32.9 Å². The SMILES string of the molecule is CCOC(=O)C(F)(F)C(=O)NC(C)c1ccc(C)s1. The minimum atomic E-state index is -4.17. The first-order valence-corrected chi connectivity index (χ1v) is 6.53. The third-order valence-electron chi connectivity index (χ3n) is 2.35. The van der Waals surface area contributed by atoms with E-state index in [1.54, 1.807) is 13.0 Å². The lowest BCUT2D eigenvalue weighted by Gasteiger charge is -2.17. The third-order valence-corrected chi connectivity index (χ3v) is 3.54. The Balaban J connectivity index is 2.71. The molecule has 1 rings (SSSR count). The van der Waals surface area contributed by atoms with Crippen molar-refractivity contribution in [1.29, 1.82) is 0 Å². The number of nitrogens with one attached hydrogen (secondary N) is 1. The summed E-state index contributed by atoms with van der Waals surface area (Å²) in [6.07, 6.45) is 0. The van der Waals surface area contributed by atoms with Gasteiger partial charge in [0.05, 0.1) is 12.6 Å². The van der Waals surface area contributed by atoms with Crippen molar-refractivity contribution in [3.05, 3.63) is 21.9 Å². The summed E-state index contributed by atoms with van der Waals surface area (Å²) < 4.78 is 31.0. The van der Waals surface area contributed by atoms with Gasteiger partial charge in [0.1, 0.15) is 0 Å². The summed E-state index contributed by atoms with van der Waals surface area (Å²) in [6, 6.07) is 2.98. The number of carbonyl (C=O) groups is 2. The molecule has 0 aromatic carbocycles. The number of hydrogen-bond acceptors (Lipinski definition) is 4. The highest BCUT2D eigenvalue weighted by molar-refractivity contribution is 7.12. The number of thiophene rings is 1. The number of alkyl halides is 2. The van der Waals surface area contributed by atoms with Crippen LogP contribution in [0.5, 0.6) is 0 Å². The van der Waals surface area contributed by atoms with Crippen molar-refractivity contribution in [3.63, 3.8) is 0 Å². The van der Waals surface area contributed by atoms with Crippen LogP contribution in [0.2, 0.25) is 0 Å². The van der Waals surface area contributed by atoms with Crippen LogP contribution in [0.3, 0.4) is 0 Å². The predicted molar refractivity (Wildman–Crippen MR) is 67.2 cm³/mol. The van der Waals surface area contributed by atoms with E-state index in [2.05, 4.69) is 10.1 Å². The van der Waals surface area contributed by atoms with Gasteiger partial charge < -0.3 is 10.1 Å². The third kappa shape index (κ3) is 3.73. The smallest absolute Gasteiger partial charge is 0.418 e. The number of aryl methyl sites for hydroxylation is 1. The molecule has 0 saturated heterocycles. The summed E-state index contributed by atoms with van der Waals surface area (Å²) in [5, 5.41) is 2.11. The number of carbonyl (C=O) groups excluding carboxylic acids is 2. The zero-order valence-corrected chi connectivity index (χ0v) is 11.6. The van der Waals surface area contributed by atoms with Crippen LogP contribution in [0.4, 0.5) is 8.78 Å². The normalized spacial score (nSPS) is 12.9. The molecule has 0 spiro atoms. The maximum Gasteiger partial charge on any atom is 0.418 e. The van der Waals surface area contributed by atoms with Crippen molar-refractivity contribution in [2.45, 2.75) is 32.7 Å². The van der Waals surface area contributed by atoms with Crippen molar-refractivity contribution in [2.24, 2.45) is 0 Å². The van der Waals surface area contributed by atoms with Crippen LogP contribution in [-0.4, -0.2) is 24.4 Å². The lowest BCUT2D eigenvalue weighted by molar-refractivity contribution is -0.177. The average Bonchev–Trinajstić information content (AvgIpc) is 2.76. The van der Waals surface area contributed by atoms with E-state index in [0.29, 0.717) is 0 Å². The molecule has 19 heavy (non-hydrogen) atoms. The van der Waals surface area contributed by atoms with Crippen molar-refractivity contribution in [1.82, 2.24) is 5.32 Å². The van der Waals surface area contributed by atoms with Crippen LogP contribution in [0.1, 0.15) is 29.6 Å². The molecule has 7 heteroatoms. The van der Waals surface area contributed by atoms with Gasteiger partial charge in [0.25, 0.3) is 0 Å². The Morgan fingerprint density at radius 3 is 2.58 bits per heavy atom. The summed E-state index contributed by atoms with van der Waals surface area (Å²) >= 11 is 1.39. The first-order valence-electron chi connectivity index (χ1n) is 5.71. The molecule has 0 bridgehead atoms. The molecule has 106 valence electrons. The highest BCUT2D eigenvalue weighted by atomic mass is 32.1. The fourth-order valence-electron chi connectivity index (χ4n) is 1.36. The Bertz CT molecular complexity index is 473. The minimum Gasteiger partial charge on any atom is -0.461 e. The Morgan fingerprint density at radius 1 is 1.47 bits per heavy atom. The van der Waals surface area contributed by atoms with Crippen LogP contribution >= 0.6 is 11.3 Å². The van der Waals surface area contributed by atoms with E-state index < -0.39 is 23.8 Å². The van der Waals surface area contributed by atoms with Crippen molar-refractivity contribution >= 4 is 23.2 Å². The van der Waals surface area contributed by atoms with Gasteiger partial charge in [-0.15, -0.1) is 11.3 Å². The number of ether oxygens (including phenoxy) is 1. The second kappa shape index (κ2) is 6.10. The van der Waals surface area contributed by atoms with Gasteiger partial charge >= 0.3 is 17.8 Å². The van der Waals surface area contributed by atoms with E-state index in [1.807, 2.05) is 13.0 Å². The molecule has 1 heterocycles. The minimum absolute atomic E-state index is 0.207. The molecular weight excluding hydrogens is 276 g/mol. The molecule has 1 N–H and O–H groups in total. The van der Waals surface area contributed by atoms with Crippen molar-refractivity contribution in [3.8, 4) is 0 Å². The first-order chi connectivity index (χ1) is 8.78.